The number of phenols is 1. The summed E-state index contributed by atoms with van der Waals surface area (Å²) in [5.74, 6) is 0.0180. The second-order valence-electron chi connectivity index (χ2n) is 4.44. The van der Waals surface area contributed by atoms with Gasteiger partial charge >= 0.3 is 0 Å². The molecule has 22 heavy (non-hydrogen) atoms. The normalized spacial score (nSPS) is 10.8. The third-order valence-corrected chi connectivity index (χ3v) is 3.21. The predicted molar refractivity (Wildman–Crippen MR) is 86.5 cm³/mol. The zero-order valence-corrected chi connectivity index (χ0v) is 12.7. The van der Waals surface area contributed by atoms with Crippen molar-refractivity contribution in [3.63, 3.8) is 0 Å². The van der Waals surface area contributed by atoms with Crippen molar-refractivity contribution in [1.29, 1.82) is 0 Å². The molecule has 0 bridgehead atoms. The molecule has 114 valence electrons. The lowest BCUT2D eigenvalue weighted by molar-refractivity contribution is 0.100. The van der Waals surface area contributed by atoms with Crippen LogP contribution in [0.2, 0.25) is 5.02 Å². The standard InChI is InChI=1S/C16H15ClN2O3/c1-2-22-12-5-3-10(15(20)8-12)9-19-11-4-6-14(17)13(7-11)16(18)21/h3-9,20H,2H2,1H3,(H2,18,21). The zero-order valence-electron chi connectivity index (χ0n) is 11.9. The Hall–Kier alpha value is -2.53. The van der Waals surface area contributed by atoms with Crippen LogP contribution in [0.4, 0.5) is 5.69 Å². The lowest BCUT2D eigenvalue weighted by atomic mass is 10.2. The monoisotopic (exact) mass is 318 g/mol. The van der Waals surface area contributed by atoms with Crippen molar-refractivity contribution in [2.75, 3.05) is 6.61 Å². The van der Waals surface area contributed by atoms with Crippen LogP contribution in [0.25, 0.3) is 0 Å². The van der Waals surface area contributed by atoms with Crippen LogP contribution < -0.4 is 10.5 Å². The molecular formula is C16H15ClN2O3. The Bertz CT molecular complexity index is 729. The zero-order chi connectivity index (χ0) is 16.1. The summed E-state index contributed by atoms with van der Waals surface area (Å²) >= 11 is 5.87. The minimum Gasteiger partial charge on any atom is -0.507 e. The number of hydrogen-bond acceptors (Lipinski definition) is 4. The average molecular weight is 319 g/mol. The number of ether oxygens (including phenoxy) is 1. The van der Waals surface area contributed by atoms with Gasteiger partial charge in [0.25, 0.3) is 0 Å². The van der Waals surface area contributed by atoms with Crippen LogP contribution in [0.5, 0.6) is 11.5 Å². The minimum atomic E-state index is -0.619. The molecule has 2 rings (SSSR count). The molecule has 5 nitrogen and oxygen atoms in total. The lowest BCUT2D eigenvalue weighted by Gasteiger charge is -2.05. The number of carbonyl (C=O) groups excluding carboxylic acids is 1. The van der Waals surface area contributed by atoms with Gasteiger partial charge < -0.3 is 15.6 Å². The van der Waals surface area contributed by atoms with Gasteiger partial charge in [-0.3, -0.25) is 9.79 Å². The number of carbonyl (C=O) groups is 1. The smallest absolute Gasteiger partial charge is 0.250 e. The van der Waals surface area contributed by atoms with E-state index in [4.69, 9.17) is 22.1 Å². The summed E-state index contributed by atoms with van der Waals surface area (Å²) in [5, 5.41) is 10.2. The largest absolute Gasteiger partial charge is 0.507 e. The number of nitrogens with zero attached hydrogens (tertiary/aromatic N) is 1. The second-order valence-corrected chi connectivity index (χ2v) is 4.85. The van der Waals surface area contributed by atoms with Crippen LogP contribution in [0, 0.1) is 0 Å². The molecule has 2 aromatic carbocycles. The molecule has 0 heterocycles. The van der Waals surface area contributed by atoms with Crippen molar-refractivity contribution in [2.24, 2.45) is 10.7 Å². The van der Waals surface area contributed by atoms with Crippen LogP contribution in [-0.4, -0.2) is 23.8 Å². The maximum atomic E-state index is 11.2. The van der Waals surface area contributed by atoms with Crippen molar-refractivity contribution in [3.8, 4) is 11.5 Å². The van der Waals surface area contributed by atoms with Crippen molar-refractivity contribution in [1.82, 2.24) is 0 Å². The fourth-order valence-corrected chi connectivity index (χ4v) is 2.03. The molecule has 1 amide bonds. The highest BCUT2D eigenvalue weighted by Crippen LogP contribution is 2.25. The molecule has 0 aliphatic rings. The van der Waals surface area contributed by atoms with E-state index in [1.54, 1.807) is 24.3 Å². The highest BCUT2D eigenvalue weighted by molar-refractivity contribution is 6.33. The van der Waals surface area contributed by atoms with Crippen molar-refractivity contribution < 1.29 is 14.6 Å². The molecule has 0 aliphatic heterocycles. The third-order valence-electron chi connectivity index (χ3n) is 2.88. The molecule has 6 heteroatoms. The maximum absolute atomic E-state index is 11.2. The van der Waals surface area contributed by atoms with E-state index in [1.165, 1.54) is 18.3 Å². The number of phenolic OH excluding ortho intramolecular Hbond substituents is 1. The van der Waals surface area contributed by atoms with E-state index >= 15 is 0 Å². The number of nitrogens with two attached hydrogens (primary N) is 1. The Labute approximate surface area is 133 Å². The van der Waals surface area contributed by atoms with Gasteiger partial charge in [0.1, 0.15) is 11.5 Å². The van der Waals surface area contributed by atoms with E-state index in [-0.39, 0.29) is 16.3 Å². The number of hydrogen-bond donors (Lipinski definition) is 2. The van der Waals surface area contributed by atoms with Gasteiger partial charge in [0.2, 0.25) is 5.91 Å². The Kier molecular flexibility index (Phi) is 5.01. The summed E-state index contributed by atoms with van der Waals surface area (Å²) in [6, 6.07) is 9.63. The summed E-state index contributed by atoms with van der Waals surface area (Å²) in [6.07, 6.45) is 1.49. The van der Waals surface area contributed by atoms with E-state index < -0.39 is 5.91 Å². The molecule has 0 saturated heterocycles. The average Bonchev–Trinajstić information content (AvgIpc) is 2.48. The first-order valence-electron chi connectivity index (χ1n) is 6.60. The summed E-state index contributed by atoms with van der Waals surface area (Å²) in [5.41, 5.74) is 6.46. The summed E-state index contributed by atoms with van der Waals surface area (Å²) in [7, 11) is 0. The number of halogens is 1. The lowest BCUT2D eigenvalue weighted by Crippen LogP contribution is -2.11. The van der Waals surface area contributed by atoms with Gasteiger partial charge in [0.15, 0.2) is 0 Å². The molecule has 0 atom stereocenters. The molecule has 0 aromatic heterocycles. The second kappa shape index (κ2) is 6.95. The van der Waals surface area contributed by atoms with Crippen LogP contribution in [0.15, 0.2) is 41.4 Å². The van der Waals surface area contributed by atoms with Gasteiger partial charge in [0.05, 0.1) is 22.9 Å². The first kappa shape index (κ1) is 15.9. The third kappa shape index (κ3) is 3.77. The van der Waals surface area contributed by atoms with Crippen LogP contribution in [0.1, 0.15) is 22.8 Å². The van der Waals surface area contributed by atoms with Gasteiger partial charge in [-0.05, 0) is 37.3 Å². The molecule has 0 saturated carbocycles. The molecule has 0 fully saturated rings. The molecule has 0 spiro atoms. The molecule has 3 N–H and O–H groups in total. The SMILES string of the molecule is CCOc1ccc(C=Nc2ccc(Cl)c(C(N)=O)c2)c(O)c1. The fourth-order valence-electron chi connectivity index (χ4n) is 1.82. The van der Waals surface area contributed by atoms with Gasteiger partial charge in [0, 0.05) is 17.8 Å². The fraction of sp³-hybridized carbons (Fsp3) is 0.125. The maximum Gasteiger partial charge on any atom is 0.250 e. The predicted octanol–water partition coefficient (Wildman–Crippen LogP) is 3.29. The van der Waals surface area contributed by atoms with Crippen molar-refractivity contribution >= 4 is 29.4 Å². The quantitative estimate of drug-likeness (QED) is 0.829. The molecule has 0 aliphatic carbocycles. The summed E-state index contributed by atoms with van der Waals surface area (Å²) < 4.78 is 5.29. The first-order chi connectivity index (χ1) is 10.5. The van der Waals surface area contributed by atoms with E-state index in [1.807, 2.05) is 6.92 Å². The van der Waals surface area contributed by atoms with Gasteiger partial charge in [-0.15, -0.1) is 0 Å². The van der Waals surface area contributed by atoms with E-state index in [2.05, 4.69) is 4.99 Å². The molecule has 0 radical (unpaired) electrons. The van der Waals surface area contributed by atoms with E-state index in [9.17, 15) is 9.90 Å². The molecule has 2 aromatic rings. The number of aromatic hydroxyl groups is 1. The van der Waals surface area contributed by atoms with E-state index in [0.29, 0.717) is 23.6 Å². The summed E-state index contributed by atoms with van der Waals surface area (Å²) in [6.45, 7) is 2.39. The Morgan fingerprint density at radius 3 is 2.77 bits per heavy atom. The topological polar surface area (TPSA) is 84.9 Å². The molecular weight excluding hydrogens is 304 g/mol. The van der Waals surface area contributed by atoms with Crippen molar-refractivity contribution in [2.45, 2.75) is 6.92 Å². The Morgan fingerprint density at radius 2 is 2.14 bits per heavy atom. The van der Waals surface area contributed by atoms with Crippen LogP contribution >= 0.6 is 11.6 Å². The van der Waals surface area contributed by atoms with Gasteiger partial charge in [-0.25, -0.2) is 0 Å². The number of amides is 1. The van der Waals surface area contributed by atoms with Crippen LogP contribution in [-0.2, 0) is 0 Å². The van der Waals surface area contributed by atoms with E-state index in [0.717, 1.165) is 0 Å². The van der Waals surface area contributed by atoms with Gasteiger partial charge in [-0.2, -0.15) is 0 Å². The first-order valence-corrected chi connectivity index (χ1v) is 6.98. The van der Waals surface area contributed by atoms with Gasteiger partial charge in [-0.1, -0.05) is 11.6 Å². The number of primary amides is 1. The molecule has 0 unspecified atom stereocenters. The summed E-state index contributed by atoms with van der Waals surface area (Å²) in [4.78, 5) is 15.4. The van der Waals surface area contributed by atoms with Crippen molar-refractivity contribution in [3.05, 3.63) is 52.5 Å². The Morgan fingerprint density at radius 1 is 1.36 bits per heavy atom. The number of rotatable bonds is 5. The minimum absolute atomic E-state index is 0.0544. The highest BCUT2D eigenvalue weighted by Gasteiger charge is 2.07. The number of benzene rings is 2. The van der Waals surface area contributed by atoms with Crippen LogP contribution in [0.3, 0.4) is 0 Å². The Balaban J connectivity index is 2.25. The highest BCUT2D eigenvalue weighted by atomic mass is 35.5. The number of aliphatic imine (C=N–C) groups is 1.